The van der Waals surface area contributed by atoms with Crippen molar-refractivity contribution in [3.05, 3.63) is 36.2 Å². The van der Waals surface area contributed by atoms with E-state index in [0.29, 0.717) is 11.5 Å². The van der Waals surface area contributed by atoms with Crippen molar-refractivity contribution in [3.8, 4) is 0 Å². The molecule has 2 heterocycles. The molecule has 25 heavy (non-hydrogen) atoms. The average Bonchev–Trinajstić information content (AvgIpc) is 3.24. The largest absolute Gasteiger partial charge is 0.399 e. The van der Waals surface area contributed by atoms with E-state index in [1.807, 2.05) is 25.1 Å². The van der Waals surface area contributed by atoms with Gasteiger partial charge in [-0.3, -0.25) is 14.2 Å². The molecule has 1 aliphatic carbocycles. The molecular weight excluding hydrogens is 320 g/mol. The van der Waals surface area contributed by atoms with Crippen LogP contribution in [0.4, 0.5) is 11.5 Å². The first-order chi connectivity index (χ1) is 12.0. The Hall–Kier alpha value is -3.16. The van der Waals surface area contributed by atoms with Gasteiger partial charge in [-0.2, -0.15) is 0 Å². The summed E-state index contributed by atoms with van der Waals surface area (Å²) in [5, 5.41) is 11.5. The van der Waals surface area contributed by atoms with Crippen molar-refractivity contribution in [2.45, 2.75) is 26.3 Å². The fraction of sp³-hybridized carbons (Fsp3) is 0.294. The second kappa shape index (κ2) is 5.73. The number of hydrogen-bond acceptors (Lipinski definition) is 5. The van der Waals surface area contributed by atoms with E-state index in [1.54, 1.807) is 16.8 Å². The summed E-state index contributed by atoms with van der Waals surface area (Å²) in [4.78, 5) is 24.4. The molecule has 8 nitrogen and oxygen atoms in total. The molecule has 0 spiro atoms. The van der Waals surface area contributed by atoms with Crippen LogP contribution in [0, 0.1) is 12.8 Å². The van der Waals surface area contributed by atoms with Crippen LogP contribution in [-0.2, 0) is 11.3 Å². The number of nitrogens with two attached hydrogens (primary N) is 1. The van der Waals surface area contributed by atoms with Crippen LogP contribution in [0.1, 0.15) is 23.3 Å². The van der Waals surface area contributed by atoms with Gasteiger partial charge < -0.3 is 11.1 Å². The van der Waals surface area contributed by atoms with E-state index in [1.165, 1.54) is 4.68 Å². The summed E-state index contributed by atoms with van der Waals surface area (Å²) in [5.41, 5.74) is 8.09. The molecule has 1 aliphatic rings. The number of carbonyl (C=O) groups is 2. The lowest BCUT2D eigenvalue weighted by Crippen LogP contribution is -2.19. The van der Waals surface area contributed by atoms with E-state index in [-0.39, 0.29) is 24.3 Å². The lowest BCUT2D eigenvalue weighted by atomic mass is 10.2. The molecule has 0 bridgehead atoms. The number of benzene rings is 1. The summed E-state index contributed by atoms with van der Waals surface area (Å²) in [6, 6.07) is 7.37. The molecule has 3 aromatic rings. The van der Waals surface area contributed by atoms with Gasteiger partial charge in [0.25, 0.3) is 5.91 Å². The Kier molecular flexibility index (Phi) is 3.52. The first-order valence-electron chi connectivity index (χ1n) is 8.13. The molecule has 128 valence electrons. The van der Waals surface area contributed by atoms with Gasteiger partial charge in [-0.25, -0.2) is 4.68 Å². The van der Waals surface area contributed by atoms with Gasteiger partial charge in [-0.05, 0) is 44.0 Å². The van der Waals surface area contributed by atoms with Crippen molar-refractivity contribution in [1.29, 1.82) is 0 Å². The van der Waals surface area contributed by atoms with Crippen molar-refractivity contribution >= 4 is 34.2 Å². The van der Waals surface area contributed by atoms with E-state index < -0.39 is 0 Å². The maximum absolute atomic E-state index is 12.7. The van der Waals surface area contributed by atoms with Gasteiger partial charge in [0, 0.05) is 22.7 Å². The molecule has 0 radical (unpaired) electrons. The maximum Gasteiger partial charge on any atom is 0.253 e. The van der Waals surface area contributed by atoms with Crippen molar-refractivity contribution in [3.63, 3.8) is 0 Å². The summed E-state index contributed by atoms with van der Waals surface area (Å²) in [6.07, 6.45) is 3.41. The number of nitrogens with zero attached hydrogens (tertiary/aromatic N) is 4. The molecule has 1 aromatic carbocycles. The van der Waals surface area contributed by atoms with E-state index in [0.717, 1.165) is 29.4 Å². The average molecular weight is 338 g/mol. The minimum Gasteiger partial charge on any atom is -0.399 e. The van der Waals surface area contributed by atoms with Gasteiger partial charge in [0.05, 0.1) is 11.7 Å². The first-order valence-corrected chi connectivity index (χ1v) is 8.13. The molecule has 1 saturated carbocycles. The standard InChI is InChI=1S/C17H18N6O2/c1-10-6-12-7-13(18)4-5-14(12)23(10)16(24)9-22-8-15(20-21-22)19-17(25)11-2-3-11/h4-8,11H,2-3,9,18H2,1H3,(H,19,25). The van der Waals surface area contributed by atoms with Crippen molar-refractivity contribution in [2.24, 2.45) is 5.92 Å². The van der Waals surface area contributed by atoms with Crippen LogP contribution in [-0.4, -0.2) is 31.4 Å². The van der Waals surface area contributed by atoms with Gasteiger partial charge >= 0.3 is 0 Å². The van der Waals surface area contributed by atoms with E-state index in [4.69, 9.17) is 5.73 Å². The lowest BCUT2D eigenvalue weighted by molar-refractivity contribution is -0.117. The second-order valence-electron chi connectivity index (χ2n) is 6.40. The van der Waals surface area contributed by atoms with Crippen molar-refractivity contribution < 1.29 is 9.59 Å². The number of nitrogens with one attached hydrogen (secondary N) is 1. The molecular formula is C17H18N6O2. The Labute approximate surface area is 143 Å². The Morgan fingerprint density at radius 3 is 2.88 bits per heavy atom. The molecule has 2 aromatic heterocycles. The third-order valence-electron chi connectivity index (χ3n) is 4.29. The summed E-state index contributed by atoms with van der Waals surface area (Å²) in [5.74, 6) is 0.283. The number of amides is 1. The zero-order valence-electron chi connectivity index (χ0n) is 13.8. The molecule has 0 saturated heterocycles. The Morgan fingerprint density at radius 2 is 2.12 bits per heavy atom. The summed E-state index contributed by atoms with van der Waals surface area (Å²) in [6.45, 7) is 1.90. The predicted octanol–water partition coefficient (Wildman–Crippen LogP) is 1.81. The number of hydrogen-bond donors (Lipinski definition) is 2. The highest BCUT2D eigenvalue weighted by molar-refractivity contribution is 5.95. The van der Waals surface area contributed by atoms with Gasteiger partial charge in [0.2, 0.25) is 5.91 Å². The maximum atomic E-state index is 12.7. The highest BCUT2D eigenvalue weighted by Gasteiger charge is 2.30. The van der Waals surface area contributed by atoms with Crippen LogP contribution in [0.5, 0.6) is 0 Å². The Balaban J connectivity index is 1.53. The fourth-order valence-corrected chi connectivity index (χ4v) is 2.92. The number of nitrogen functional groups attached to an aromatic ring is 1. The van der Waals surface area contributed by atoms with Crippen LogP contribution in [0.25, 0.3) is 10.9 Å². The Bertz CT molecular complexity index is 982. The number of aromatic nitrogens is 4. The second-order valence-corrected chi connectivity index (χ2v) is 6.40. The van der Waals surface area contributed by atoms with Crippen LogP contribution in [0.2, 0.25) is 0 Å². The smallest absolute Gasteiger partial charge is 0.253 e. The van der Waals surface area contributed by atoms with Crippen LogP contribution < -0.4 is 11.1 Å². The van der Waals surface area contributed by atoms with Crippen molar-refractivity contribution in [2.75, 3.05) is 11.1 Å². The Morgan fingerprint density at radius 1 is 1.32 bits per heavy atom. The zero-order valence-corrected chi connectivity index (χ0v) is 13.8. The monoisotopic (exact) mass is 338 g/mol. The third kappa shape index (κ3) is 2.98. The molecule has 0 atom stereocenters. The molecule has 0 aliphatic heterocycles. The molecule has 1 fully saturated rings. The quantitative estimate of drug-likeness (QED) is 0.705. The zero-order chi connectivity index (χ0) is 17.6. The molecule has 0 unspecified atom stereocenters. The summed E-state index contributed by atoms with van der Waals surface area (Å²) >= 11 is 0. The van der Waals surface area contributed by atoms with Crippen LogP contribution in [0.15, 0.2) is 30.5 Å². The summed E-state index contributed by atoms with van der Waals surface area (Å²) < 4.78 is 3.06. The first kappa shape index (κ1) is 15.4. The van der Waals surface area contributed by atoms with Gasteiger partial charge in [-0.1, -0.05) is 5.21 Å². The number of carbonyl (C=O) groups excluding carboxylic acids is 2. The van der Waals surface area contributed by atoms with Crippen LogP contribution >= 0.6 is 0 Å². The molecule has 1 amide bonds. The lowest BCUT2D eigenvalue weighted by Gasteiger charge is -2.06. The normalized spacial score (nSPS) is 14.0. The number of anilines is 2. The topological polar surface area (TPSA) is 108 Å². The van der Waals surface area contributed by atoms with Gasteiger partial charge in [0.1, 0.15) is 6.54 Å². The SMILES string of the molecule is Cc1cc2cc(N)ccc2n1C(=O)Cn1cc(NC(=O)C2CC2)nn1. The minimum absolute atomic E-state index is 0.0291. The van der Waals surface area contributed by atoms with E-state index >= 15 is 0 Å². The van der Waals surface area contributed by atoms with Crippen LogP contribution in [0.3, 0.4) is 0 Å². The van der Waals surface area contributed by atoms with E-state index in [9.17, 15) is 9.59 Å². The van der Waals surface area contributed by atoms with E-state index in [2.05, 4.69) is 15.6 Å². The minimum atomic E-state index is -0.137. The third-order valence-corrected chi connectivity index (χ3v) is 4.29. The summed E-state index contributed by atoms with van der Waals surface area (Å²) in [7, 11) is 0. The highest BCUT2D eigenvalue weighted by atomic mass is 16.2. The van der Waals surface area contributed by atoms with Crippen molar-refractivity contribution in [1.82, 2.24) is 19.6 Å². The predicted molar refractivity (Wildman–Crippen MR) is 93.1 cm³/mol. The molecule has 8 heteroatoms. The number of aryl methyl sites for hydroxylation is 1. The number of fused-ring (bicyclic) bond motifs is 1. The highest BCUT2D eigenvalue weighted by Crippen LogP contribution is 2.29. The number of rotatable bonds is 4. The molecule has 3 N–H and O–H groups in total. The fourth-order valence-electron chi connectivity index (χ4n) is 2.92. The van der Waals surface area contributed by atoms with Gasteiger partial charge in [0.15, 0.2) is 5.82 Å². The van der Waals surface area contributed by atoms with Gasteiger partial charge in [-0.15, -0.1) is 5.10 Å². The molecule has 4 rings (SSSR count).